The highest BCUT2D eigenvalue weighted by atomic mass is 16.7. The van der Waals surface area contributed by atoms with Crippen molar-refractivity contribution in [2.75, 3.05) is 0 Å². The second kappa shape index (κ2) is 13.3. The first-order chi connectivity index (χ1) is 29.1. The lowest BCUT2D eigenvalue weighted by Crippen LogP contribution is -2.57. The lowest BCUT2D eigenvalue weighted by atomic mass is 9.71. The van der Waals surface area contributed by atoms with Crippen LogP contribution in [0.15, 0.2) is 91.0 Å². The van der Waals surface area contributed by atoms with Crippen LogP contribution in [0, 0.1) is 0 Å². The summed E-state index contributed by atoms with van der Waals surface area (Å²) in [7, 11) is 0. The average Bonchev–Trinajstić information content (AvgIpc) is 3.20. The zero-order valence-corrected chi connectivity index (χ0v) is 31.4. The quantitative estimate of drug-likeness (QED) is 0.106. The van der Waals surface area contributed by atoms with Crippen molar-refractivity contribution in [1.29, 1.82) is 0 Å². The molecule has 8 unspecified atom stereocenters. The molecule has 12 N–H and O–H groups in total. The first-order valence-electron chi connectivity index (χ1n) is 19.0. The van der Waals surface area contributed by atoms with Gasteiger partial charge in [0, 0.05) is 64.1 Å². The molecule has 6 aromatic carbocycles. The van der Waals surface area contributed by atoms with Crippen LogP contribution in [-0.2, 0) is 12.2 Å². The molecular weight excluding hydrogens is 796 g/mol. The number of hydrogen-bond acceptors (Lipinski definition) is 16. The first-order valence-corrected chi connectivity index (χ1v) is 19.0. The van der Waals surface area contributed by atoms with E-state index in [1.54, 1.807) is 0 Å². The summed E-state index contributed by atoms with van der Waals surface area (Å²) in [6.07, 6.45) is -7.63. The average molecular weight is 833 g/mol. The molecular formula is C45H36O16. The molecule has 0 saturated heterocycles. The topological polar surface area (TPSA) is 280 Å². The van der Waals surface area contributed by atoms with Crippen LogP contribution in [0.1, 0.15) is 68.6 Å². The van der Waals surface area contributed by atoms with Crippen LogP contribution in [0.2, 0.25) is 0 Å². The SMILES string of the molecule is Oc1ccc(C2Oc3c(c(O)cc4c3C3c5c(O)cc(O)cc5OC(c5ccc(O)cc5)(O4)C3O)C(c3c(O)cc(O)c4c3OC(c3ccc(O)c(O)c3)C(O)C4)C2O)cc1. The van der Waals surface area contributed by atoms with Gasteiger partial charge in [-0.2, -0.15) is 0 Å². The van der Waals surface area contributed by atoms with E-state index in [-0.39, 0.29) is 85.6 Å². The Labute approximate surface area is 344 Å². The Kier molecular flexibility index (Phi) is 8.25. The van der Waals surface area contributed by atoms with Crippen LogP contribution in [-0.4, -0.2) is 79.6 Å². The minimum absolute atomic E-state index is 0.00762. The summed E-state index contributed by atoms with van der Waals surface area (Å²) < 4.78 is 25.9. The highest BCUT2D eigenvalue weighted by Gasteiger charge is 2.61. The fraction of sp³-hybridized carbons (Fsp3) is 0.200. The van der Waals surface area contributed by atoms with Gasteiger partial charge in [0.25, 0.3) is 0 Å². The molecule has 6 aromatic rings. The largest absolute Gasteiger partial charge is 0.508 e. The molecule has 0 fully saturated rings. The zero-order valence-electron chi connectivity index (χ0n) is 31.4. The number of aliphatic hydroxyl groups excluding tert-OH is 3. The van der Waals surface area contributed by atoms with Gasteiger partial charge in [0.05, 0.1) is 17.9 Å². The monoisotopic (exact) mass is 832 g/mol. The van der Waals surface area contributed by atoms with Gasteiger partial charge in [-0.25, -0.2) is 0 Å². The van der Waals surface area contributed by atoms with Crippen LogP contribution in [0.25, 0.3) is 0 Å². The summed E-state index contributed by atoms with van der Waals surface area (Å²) in [6, 6.07) is 19.5. The van der Waals surface area contributed by atoms with Crippen molar-refractivity contribution >= 4 is 0 Å². The molecule has 2 bridgehead atoms. The summed E-state index contributed by atoms with van der Waals surface area (Å²) in [5.74, 6) is -9.17. The summed E-state index contributed by atoms with van der Waals surface area (Å²) in [4.78, 5) is 0. The molecule has 0 saturated carbocycles. The molecule has 312 valence electrons. The summed E-state index contributed by atoms with van der Waals surface area (Å²) in [5, 5.41) is 134. The van der Waals surface area contributed by atoms with E-state index in [2.05, 4.69) is 0 Å². The molecule has 0 radical (unpaired) electrons. The third-order valence-corrected chi connectivity index (χ3v) is 12.0. The van der Waals surface area contributed by atoms with Crippen molar-refractivity contribution < 1.29 is 80.2 Å². The van der Waals surface area contributed by atoms with Gasteiger partial charge in [0.1, 0.15) is 81.6 Å². The van der Waals surface area contributed by atoms with Crippen LogP contribution in [0.5, 0.6) is 74.7 Å². The maximum Gasteiger partial charge on any atom is 0.305 e. The van der Waals surface area contributed by atoms with Gasteiger partial charge in [-0.05, 0) is 59.7 Å². The molecule has 61 heavy (non-hydrogen) atoms. The van der Waals surface area contributed by atoms with E-state index in [4.69, 9.17) is 18.9 Å². The van der Waals surface area contributed by atoms with E-state index in [1.807, 2.05) is 0 Å². The van der Waals surface area contributed by atoms with Crippen molar-refractivity contribution in [2.24, 2.45) is 0 Å². The van der Waals surface area contributed by atoms with E-state index >= 15 is 0 Å². The molecule has 10 rings (SSSR count). The van der Waals surface area contributed by atoms with Crippen LogP contribution in [0.3, 0.4) is 0 Å². The third-order valence-electron chi connectivity index (χ3n) is 12.0. The van der Waals surface area contributed by atoms with Crippen LogP contribution in [0.4, 0.5) is 0 Å². The molecule has 0 spiro atoms. The third kappa shape index (κ3) is 5.56. The molecule has 0 aromatic heterocycles. The number of hydrogen-bond donors (Lipinski definition) is 12. The Hall–Kier alpha value is -7.40. The van der Waals surface area contributed by atoms with Crippen LogP contribution < -0.4 is 18.9 Å². The van der Waals surface area contributed by atoms with E-state index in [0.717, 1.165) is 12.1 Å². The minimum atomic E-state index is -2.11. The number of phenolic OH excluding ortho intramolecular Hbond substituents is 9. The van der Waals surface area contributed by atoms with Gasteiger partial charge in [0.2, 0.25) is 0 Å². The zero-order chi connectivity index (χ0) is 42.8. The van der Waals surface area contributed by atoms with Crippen molar-refractivity contribution in [2.45, 2.75) is 54.6 Å². The highest BCUT2D eigenvalue weighted by Crippen LogP contribution is 2.65. The standard InChI is InChI=1S/C45H36O16/c46-20-6-1-17(2-7-20)41-39(56)37(34-28(53)15-25(50)23-14-30(55)40(58-42(23)34)18-3-10-24(49)26(51)11-18)35-29(54)16-32-36(43(35)59-41)38-33-27(52)12-22(48)13-31(33)60-45(61-32,44(38)57)19-4-8-21(47)9-5-19/h1-13,15-16,30,37-41,44,46-57H,14H2. The first kappa shape index (κ1) is 37.8. The van der Waals surface area contributed by atoms with Gasteiger partial charge < -0.3 is 80.2 Å². The number of benzene rings is 6. The maximum atomic E-state index is 12.5. The van der Waals surface area contributed by atoms with Gasteiger partial charge in [0.15, 0.2) is 17.6 Å². The number of aromatic hydroxyl groups is 9. The highest BCUT2D eigenvalue weighted by molar-refractivity contribution is 5.72. The number of ether oxygens (including phenoxy) is 4. The Balaban J connectivity index is 1.24. The molecule has 0 aliphatic carbocycles. The smallest absolute Gasteiger partial charge is 0.305 e. The predicted octanol–water partition coefficient (Wildman–Crippen LogP) is 4.83. The molecule has 4 aliphatic rings. The van der Waals surface area contributed by atoms with Gasteiger partial charge in [-0.15, -0.1) is 0 Å². The van der Waals surface area contributed by atoms with E-state index in [9.17, 15) is 61.3 Å². The molecule has 16 heteroatoms. The molecule has 4 aliphatic heterocycles. The van der Waals surface area contributed by atoms with E-state index in [0.29, 0.717) is 5.56 Å². The fourth-order valence-electron chi connectivity index (χ4n) is 9.22. The molecule has 8 atom stereocenters. The molecule has 4 heterocycles. The Morgan fingerprint density at radius 3 is 1.74 bits per heavy atom. The van der Waals surface area contributed by atoms with Crippen molar-refractivity contribution in [3.8, 4) is 74.7 Å². The van der Waals surface area contributed by atoms with E-state index in [1.165, 1.54) is 78.9 Å². The maximum absolute atomic E-state index is 12.5. The number of phenols is 9. The summed E-state index contributed by atoms with van der Waals surface area (Å²) in [5.41, 5.74) is 0.451. The van der Waals surface area contributed by atoms with E-state index < -0.39 is 82.6 Å². The fourth-order valence-corrected chi connectivity index (χ4v) is 9.22. The summed E-state index contributed by atoms with van der Waals surface area (Å²) in [6.45, 7) is 0. The minimum Gasteiger partial charge on any atom is -0.508 e. The lowest BCUT2D eigenvalue weighted by Gasteiger charge is -2.51. The Morgan fingerprint density at radius 2 is 1.05 bits per heavy atom. The Bertz CT molecular complexity index is 2770. The predicted molar refractivity (Wildman–Crippen MR) is 209 cm³/mol. The second-order valence-corrected chi connectivity index (χ2v) is 15.6. The van der Waals surface area contributed by atoms with Crippen molar-refractivity contribution in [1.82, 2.24) is 0 Å². The number of aliphatic hydroxyl groups is 3. The summed E-state index contributed by atoms with van der Waals surface area (Å²) >= 11 is 0. The normalized spacial score (nSPS) is 25.6. The molecule has 16 nitrogen and oxygen atoms in total. The Morgan fingerprint density at radius 1 is 0.459 bits per heavy atom. The van der Waals surface area contributed by atoms with Crippen molar-refractivity contribution in [3.63, 3.8) is 0 Å². The number of fused-ring (bicyclic) bond motifs is 9. The molecule has 0 amide bonds. The second-order valence-electron chi connectivity index (χ2n) is 15.6. The van der Waals surface area contributed by atoms with Gasteiger partial charge in [-0.3, -0.25) is 0 Å². The van der Waals surface area contributed by atoms with Gasteiger partial charge in [-0.1, -0.05) is 18.2 Å². The van der Waals surface area contributed by atoms with Crippen LogP contribution >= 0.6 is 0 Å². The lowest BCUT2D eigenvalue weighted by molar-refractivity contribution is -0.219. The van der Waals surface area contributed by atoms with Gasteiger partial charge >= 0.3 is 5.79 Å². The van der Waals surface area contributed by atoms with Crippen molar-refractivity contribution in [3.05, 3.63) is 136 Å². The number of rotatable bonds is 4.